The zero-order valence-corrected chi connectivity index (χ0v) is 13.4. The number of anilines is 1. The molecular formula is C14H16FN3O4S. The topological polar surface area (TPSA) is 102 Å². The van der Waals surface area contributed by atoms with Crippen molar-refractivity contribution in [1.82, 2.24) is 10.1 Å². The van der Waals surface area contributed by atoms with Gasteiger partial charge in [-0.25, -0.2) is 12.8 Å². The number of rotatable bonds is 6. The molecule has 0 fully saturated rings. The number of hydrogen-bond donors (Lipinski definition) is 1. The van der Waals surface area contributed by atoms with Crippen molar-refractivity contribution < 1.29 is 22.1 Å². The molecule has 0 aliphatic rings. The fourth-order valence-electron chi connectivity index (χ4n) is 1.76. The van der Waals surface area contributed by atoms with Gasteiger partial charge in [-0.1, -0.05) is 25.1 Å². The van der Waals surface area contributed by atoms with Gasteiger partial charge in [0.2, 0.25) is 11.8 Å². The normalized spacial score (nSPS) is 11.7. The van der Waals surface area contributed by atoms with E-state index < -0.39 is 33.1 Å². The summed E-state index contributed by atoms with van der Waals surface area (Å²) in [6, 6.07) is 5.18. The largest absolute Gasteiger partial charge is 0.338 e. The zero-order chi connectivity index (χ0) is 17.0. The summed E-state index contributed by atoms with van der Waals surface area (Å²) in [6.07, 6.45) is 0. The Bertz CT molecular complexity index is 802. The molecule has 1 aromatic heterocycles. The van der Waals surface area contributed by atoms with Crippen LogP contribution in [0.15, 0.2) is 28.8 Å². The monoisotopic (exact) mass is 341 g/mol. The lowest BCUT2D eigenvalue weighted by molar-refractivity contribution is -0.113. The lowest BCUT2D eigenvalue weighted by atomic mass is 10.2. The fourth-order valence-corrected chi connectivity index (χ4v) is 2.83. The Morgan fingerprint density at radius 1 is 1.39 bits per heavy atom. The first-order valence-corrected chi connectivity index (χ1v) is 8.65. The Hall–Kier alpha value is -2.29. The maximum atomic E-state index is 13.0. The SMILES string of the molecule is CC(C)c1noc(CS(=O)(=O)CC(=O)Nc2cccc(F)c2)n1. The van der Waals surface area contributed by atoms with Gasteiger partial charge in [-0.3, -0.25) is 4.79 Å². The van der Waals surface area contributed by atoms with Crippen LogP contribution in [0.3, 0.4) is 0 Å². The van der Waals surface area contributed by atoms with Gasteiger partial charge >= 0.3 is 0 Å². The second-order valence-electron chi connectivity index (χ2n) is 5.29. The third-order valence-electron chi connectivity index (χ3n) is 2.80. The fraction of sp³-hybridized carbons (Fsp3) is 0.357. The van der Waals surface area contributed by atoms with Crippen molar-refractivity contribution in [3.8, 4) is 0 Å². The quantitative estimate of drug-likeness (QED) is 0.861. The van der Waals surface area contributed by atoms with Gasteiger partial charge in [0.05, 0.1) is 0 Å². The van der Waals surface area contributed by atoms with Crippen LogP contribution < -0.4 is 5.32 Å². The number of halogens is 1. The number of carbonyl (C=O) groups is 1. The second-order valence-corrected chi connectivity index (χ2v) is 7.36. The maximum Gasteiger partial charge on any atom is 0.241 e. The minimum atomic E-state index is -3.78. The van der Waals surface area contributed by atoms with Crippen molar-refractivity contribution in [1.29, 1.82) is 0 Å². The number of amides is 1. The van der Waals surface area contributed by atoms with E-state index in [1.165, 1.54) is 18.2 Å². The molecule has 2 aromatic rings. The Morgan fingerprint density at radius 3 is 2.74 bits per heavy atom. The zero-order valence-electron chi connectivity index (χ0n) is 12.6. The van der Waals surface area contributed by atoms with Gasteiger partial charge in [-0.05, 0) is 18.2 Å². The summed E-state index contributed by atoms with van der Waals surface area (Å²) >= 11 is 0. The summed E-state index contributed by atoms with van der Waals surface area (Å²) in [7, 11) is -3.78. The first kappa shape index (κ1) is 17.1. The third kappa shape index (κ3) is 5.13. The molecule has 0 radical (unpaired) electrons. The molecule has 23 heavy (non-hydrogen) atoms. The number of aromatic nitrogens is 2. The van der Waals surface area contributed by atoms with E-state index in [1.807, 2.05) is 13.8 Å². The van der Waals surface area contributed by atoms with Gasteiger partial charge < -0.3 is 9.84 Å². The summed E-state index contributed by atoms with van der Waals surface area (Å²) in [4.78, 5) is 15.7. The highest BCUT2D eigenvalue weighted by molar-refractivity contribution is 7.91. The number of nitrogens with one attached hydrogen (secondary N) is 1. The number of sulfone groups is 1. The Balaban J connectivity index is 1.98. The van der Waals surface area contributed by atoms with Crippen LogP contribution in [-0.2, 0) is 20.4 Å². The van der Waals surface area contributed by atoms with Crippen molar-refractivity contribution in [2.75, 3.05) is 11.1 Å². The molecule has 9 heteroatoms. The molecule has 1 amide bonds. The van der Waals surface area contributed by atoms with E-state index in [4.69, 9.17) is 4.52 Å². The van der Waals surface area contributed by atoms with Crippen LogP contribution in [0.1, 0.15) is 31.5 Å². The van der Waals surface area contributed by atoms with Crippen LogP contribution in [0.25, 0.3) is 0 Å². The number of benzene rings is 1. The Labute approximate surface area is 132 Å². The van der Waals surface area contributed by atoms with Gasteiger partial charge in [-0.15, -0.1) is 0 Å². The van der Waals surface area contributed by atoms with Gasteiger partial charge in [0.25, 0.3) is 0 Å². The molecule has 0 aliphatic carbocycles. The molecular weight excluding hydrogens is 325 g/mol. The van der Waals surface area contributed by atoms with Crippen molar-refractivity contribution in [3.63, 3.8) is 0 Å². The first-order valence-electron chi connectivity index (χ1n) is 6.83. The maximum absolute atomic E-state index is 13.0. The van der Waals surface area contributed by atoms with Crippen LogP contribution in [0, 0.1) is 5.82 Å². The summed E-state index contributed by atoms with van der Waals surface area (Å²) in [5, 5.41) is 5.99. The molecule has 0 saturated heterocycles. The van der Waals surface area contributed by atoms with Gasteiger partial charge in [0.15, 0.2) is 15.7 Å². The predicted octanol–water partition coefficient (Wildman–Crippen LogP) is 1.89. The average molecular weight is 341 g/mol. The first-order chi connectivity index (χ1) is 10.7. The van der Waals surface area contributed by atoms with E-state index in [9.17, 15) is 17.6 Å². The lowest BCUT2D eigenvalue weighted by Gasteiger charge is -2.05. The smallest absolute Gasteiger partial charge is 0.241 e. The minimum Gasteiger partial charge on any atom is -0.338 e. The van der Waals surface area contributed by atoms with E-state index in [1.54, 1.807) is 0 Å². The molecule has 7 nitrogen and oxygen atoms in total. The number of carbonyl (C=O) groups excluding carboxylic acids is 1. The van der Waals surface area contributed by atoms with E-state index >= 15 is 0 Å². The highest BCUT2D eigenvalue weighted by Crippen LogP contribution is 2.13. The summed E-state index contributed by atoms with van der Waals surface area (Å²) < 4.78 is 41.8. The van der Waals surface area contributed by atoms with Crippen LogP contribution in [0.2, 0.25) is 0 Å². The molecule has 0 atom stereocenters. The Kier molecular flexibility index (Phi) is 5.09. The molecule has 1 N–H and O–H groups in total. The average Bonchev–Trinajstić information content (AvgIpc) is 2.85. The van der Waals surface area contributed by atoms with Gasteiger partial charge in [0.1, 0.15) is 17.3 Å². The minimum absolute atomic E-state index is 0.00600. The predicted molar refractivity (Wildman–Crippen MR) is 80.9 cm³/mol. The van der Waals surface area contributed by atoms with Crippen molar-refractivity contribution in [2.45, 2.75) is 25.5 Å². The molecule has 0 bridgehead atoms. The summed E-state index contributed by atoms with van der Waals surface area (Å²) in [5.41, 5.74) is 0.185. The molecule has 0 aliphatic heterocycles. The molecule has 1 heterocycles. The van der Waals surface area contributed by atoms with E-state index in [2.05, 4.69) is 15.5 Å². The van der Waals surface area contributed by atoms with E-state index in [0.29, 0.717) is 5.82 Å². The van der Waals surface area contributed by atoms with Crippen LogP contribution in [0.5, 0.6) is 0 Å². The third-order valence-corrected chi connectivity index (χ3v) is 4.19. The molecule has 1 aromatic carbocycles. The van der Waals surface area contributed by atoms with Crippen molar-refractivity contribution >= 4 is 21.4 Å². The molecule has 0 saturated carbocycles. The van der Waals surface area contributed by atoms with E-state index in [-0.39, 0.29) is 17.5 Å². The van der Waals surface area contributed by atoms with Crippen LogP contribution in [-0.4, -0.2) is 30.2 Å². The second kappa shape index (κ2) is 6.86. The highest BCUT2D eigenvalue weighted by Gasteiger charge is 2.22. The van der Waals surface area contributed by atoms with E-state index in [0.717, 1.165) is 6.07 Å². The Morgan fingerprint density at radius 2 is 2.13 bits per heavy atom. The van der Waals surface area contributed by atoms with Crippen molar-refractivity contribution in [2.24, 2.45) is 0 Å². The lowest BCUT2D eigenvalue weighted by Crippen LogP contribution is -2.24. The number of hydrogen-bond acceptors (Lipinski definition) is 6. The van der Waals surface area contributed by atoms with Crippen molar-refractivity contribution in [3.05, 3.63) is 41.8 Å². The molecule has 0 unspecified atom stereocenters. The summed E-state index contributed by atoms with van der Waals surface area (Å²) in [5.74, 6) is -2.23. The standard InChI is InChI=1S/C14H16FN3O4S/c1-9(2)14-17-13(22-18-14)8-23(20,21)7-12(19)16-11-5-3-4-10(15)6-11/h3-6,9H,7-8H2,1-2H3,(H,16,19). The van der Waals surface area contributed by atoms with Crippen LogP contribution in [0.4, 0.5) is 10.1 Å². The van der Waals surface area contributed by atoms with Gasteiger partial charge in [-0.2, -0.15) is 4.98 Å². The molecule has 0 spiro atoms. The molecule has 124 valence electrons. The number of nitrogens with zero attached hydrogens (tertiary/aromatic N) is 2. The van der Waals surface area contributed by atoms with Crippen LogP contribution >= 0.6 is 0 Å². The summed E-state index contributed by atoms with van der Waals surface area (Å²) in [6.45, 7) is 3.69. The molecule has 2 rings (SSSR count). The highest BCUT2D eigenvalue weighted by atomic mass is 32.2. The van der Waals surface area contributed by atoms with Gasteiger partial charge in [0, 0.05) is 11.6 Å².